The van der Waals surface area contributed by atoms with E-state index in [0.29, 0.717) is 30.5 Å². The molecule has 2 aromatic rings. The molecule has 6 nitrogen and oxygen atoms in total. The van der Waals surface area contributed by atoms with E-state index in [-0.39, 0.29) is 10.8 Å². The van der Waals surface area contributed by atoms with Crippen LogP contribution in [0.1, 0.15) is 54.4 Å². The molecule has 1 saturated carbocycles. The molecule has 0 saturated heterocycles. The van der Waals surface area contributed by atoms with Crippen LogP contribution in [0.2, 0.25) is 0 Å². The molecule has 0 heterocycles. The molecular formula is C24H32N2O4S. The lowest BCUT2D eigenvalue weighted by molar-refractivity contribution is 0.0273. The normalized spacial score (nSPS) is 14.9. The molecule has 168 valence electrons. The third-order valence-corrected chi connectivity index (χ3v) is 7.48. The zero-order chi connectivity index (χ0) is 22.3. The fourth-order valence-corrected chi connectivity index (χ4v) is 4.88. The van der Waals surface area contributed by atoms with Crippen molar-refractivity contribution in [2.45, 2.75) is 56.4 Å². The summed E-state index contributed by atoms with van der Waals surface area (Å²) in [7, 11) is -2.14. The Balaban J connectivity index is 1.49. The first-order valence-corrected chi connectivity index (χ1v) is 12.4. The van der Waals surface area contributed by atoms with E-state index in [2.05, 4.69) is 5.32 Å². The molecule has 1 aliphatic rings. The minimum atomic E-state index is -3.65. The van der Waals surface area contributed by atoms with Gasteiger partial charge in [-0.05, 0) is 62.6 Å². The summed E-state index contributed by atoms with van der Waals surface area (Å²) in [5.41, 5.74) is 1.99. The van der Waals surface area contributed by atoms with E-state index in [1.165, 1.54) is 30.6 Å². The number of sulfonamides is 1. The van der Waals surface area contributed by atoms with Gasteiger partial charge in [-0.2, -0.15) is 0 Å². The average Bonchev–Trinajstić information content (AvgIpc) is 2.79. The molecule has 2 aromatic carbocycles. The Morgan fingerprint density at radius 1 is 1.03 bits per heavy atom. The summed E-state index contributed by atoms with van der Waals surface area (Å²) in [5, 5.41) is 2.90. The zero-order valence-corrected chi connectivity index (χ0v) is 19.2. The smallest absolute Gasteiger partial charge is 0.264 e. The molecule has 0 bridgehead atoms. The second-order valence-corrected chi connectivity index (χ2v) is 10.0. The van der Waals surface area contributed by atoms with Crippen LogP contribution in [0, 0.1) is 6.92 Å². The molecule has 0 aromatic heterocycles. The third-order valence-electron chi connectivity index (χ3n) is 5.68. The van der Waals surface area contributed by atoms with Crippen molar-refractivity contribution in [2.75, 3.05) is 24.5 Å². The van der Waals surface area contributed by atoms with E-state index < -0.39 is 10.0 Å². The largest absolute Gasteiger partial charge is 0.378 e. The number of hydrogen-bond donors (Lipinski definition) is 1. The van der Waals surface area contributed by atoms with Crippen LogP contribution in [-0.4, -0.2) is 40.6 Å². The van der Waals surface area contributed by atoms with E-state index in [4.69, 9.17) is 4.74 Å². The van der Waals surface area contributed by atoms with E-state index in [1.54, 1.807) is 48.5 Å². The van der Waals surface area contributed by atoms with Gasteiger partial charge in [0.2, 0.25) is 0 Å². The average molecular weight is 445 g/mol. The van der Waals surface area contributed by atoms with E-state index in [0.717, 1.165) is 24.8 Å². The van der Waals surface area contributed by atoms with Crippen molar-refractivity contribution < 1.29 is 17.9 Å². The number of amides is 1. The van der Waals surface area contributed by atoms with Crippen molar-refractivity contribution in [3.63, 3.8) is 0 Å². The van der Waals surface area contributed by atoms with Crippen molar-refractivity contribution >= 4 is 21.6 Å². The first kappa shape index (κ1) is 23.3. The van der Waals surface area contributed by atoms with Gasteiger partial charge in [0.05, 0.1) is 16.7 Å². The molecule has 0 radical (unpaired) electrons. The highest BCUT2D eigenvalue weighted by Crippen LogP contribution is 2.23. The lowest BCUT2D eigenvalue weighted by atomic mass is 9.98. The van der Waals surface area contributed by atoms with Gasteiger partial charge in [-0.25, -0.2) is 8.42 Å². The summed E-state index contributed by atoms with van der Waals surface area (Å²) in [5.74, 6) is -0.173. The molecule has 0 aliphatic heterocycles. The Morgan fingerprint density at radius 2 is 1.68 bits per heavy atom. The van der Waals surface area contributed by atoms with E-state index in [9.17, 15) is 13.2 Å². The van der Waals surface area contributed by atoms with Crippen molar-refractivity contribution in [3.8, 4) is 0 Å². The number of carbonyl (C=O) groups excluding carboxylic acids is 1. The number of benzene rings is 2. The Morgan fingerprint density at radius 3 is 2.32 bits per heavy atom. The predicted octanol–water partition coefficient (Wildman–Crippen LogP) is 4.29. The van der Waals surface area contributed by atoms with Crippen LogP contribution in [0.3, 0.4) is 0 Å². The van der Waals surface area contributed by atoms with Gasteiger partial charge in [0.1, 0.15) is 0 Å². The van der Waals surface area contributed by atoms with Crippen molar-refractivity contribution in [3.05, 3.63) is 59.7 Å². The maximum atomic E-state index is 12.8. The number of hydrogen-bond acceptors (Lipinski definition) is 4. The van der Waals surface area contributed by atoms with Gasteiger partial charge in [-0.1, -0.05) is 37.0 Å². The predicted molar refractivity (Wildman–Crippen MR) is 123 cm³/mol. The number of rotatable bonds is 9. The molecule has 0 atom stereocenters. The topological polar surface area (TPSA) is 75.7 Å². The molecule has 1 amide bonds. The van der Waals surface area contributed by atoms with Crippen LogP contribution in [-0.2, 0) is 14.8 Å². The summed E-state index contributed by atoms with van der Waals surface area (Å²) in [6.07, 6.45) is 7.25. The standard InChI is InChI=1S/C24H32N2O4S/c1-19-9-15-23(16-10-19)31(28,29)26(2)21-13-11-20(12-14-21)24(27)25-17-6-18-30-22-7-4-3-5-8-22/h9-16,22H,3-8,17-18H2,1-2H3,(H,25,27). The third kappa shape index (κ3) is 6.31. The van der Waals surface area contributed by atoms with Crippen molar-refractivity contribution in [1.29, 1.82) is 0 Å². The van der Waals surface area contributed by atoms with Gasteiger partial charge in [-0.3, -0.25) is 9.10 Å². The number of aryl methyl sites for hydroxylation is 1. The van der Waals surface area contributed by atoms with Gasteiger partial charge in [0.25, 0.3) is 15.9 Å². The minimum Gasteiger partial charge on any atom is -0.378 e. The molecule has 0 spiro atoms. The van der Waals surface area contributed by atoms with Gasteiger partial charge in [0.15, 0.2) is 0 Å². The highest BCUT2D eigenvalue weighted by Gasteiger charge is 2.21. The maximum absolute atomic E-state index is 12.8. The SMILES string of the molecule is Cc1ccc(S(=O)(=O)N(C)c2ccc(C(=O)NCCCOC3CCCCC3)cc2)cc1. The van der Waals surface area contributed by atoms with Gasteiger partial charge >= 0.3 is 0 Å². The molecule has 1 aliphatic carbocycles. The number of ether oxygens (including phenoxy) is 1. The number of nitrogens with zero attached hydrogens (tertiary/aromatic N) is 1. The molecule has 1 N–H and O–H groups in total. The summed E-state index contributed by atoms with van der Waals surface area (Å²) in [6.45, 7) is 3.12. The minimum absolute atomic E-state index is 0.173. The first-order chi connectivity index (χ1) is 14.9. The number of anilines is 1. The summed E-state index contributed by atoms with van der Waals surface area (Å²) in [4.78, 5) is 12.6. The first-order valence-electron chi connectivity index (χ1n) is 10.9. The fraction of sp³-hybridized carbons (Fsp3) is 0.458. The number of nitrogens with one attached hydrogen (secondary N) is 1. The van der Waals surface area contributed by atoms with Crippen LogP contribution < -0.4 is 9.62 Å². The summed E-state index contributed by atoms with van der Waals surface area (Å²) < 4.78 is 32.7. The van der Waals surface area contributed by atoms with E-state index in [1.807, 2.05) is 6.92 Å². The molecule has 7 heteroatoms. The quantitative estimate of drug-likeness (QED) is 0.586. The lowest BCUT2D eigenvalue weighted by Gasteiger charge is -2.22. The van der Waals surface area contributed by atoms with Crippen LogP contribution in [0.5, 0.6) is 0 Å². The molecule has 3 rings (SSSR count). The monoisotopic (exact) mass is 444 g/mol. The summed E-state index contributed by atoms with van der Waals surface area (Å²) in [6, 6.07) is 13.3. The van der Waals surface area contributed by atoms with Crippen molar-refractivity contribution in [1.82, 2.24) is 5.32 Å². The molecular weight excluding hydrogens is 412 g/mol. The Kier molecular flexibility index (Phi) is 8.09. The van der Waals surface area contributed by atoms with Crippen LogP contribution in [0.25, 0.3) is 0 Å². The second-order valence-electron chi connectivity index (χ2n) is 8.07. The highest BCUT2D eigenvalue weighted by molar-refractivity contribution is 7.92. The Bertz CT molecular complexity index is 950. The Labute approximate surface area is 185 Å². The second kappa shape index (κ2) is 10.8. The van der Waals surface area contributed by atoms with Gasteiger partial charge in [-0.15, -0.1) is 0 Å². The van der Waals surface area contributed by atoms with E-state index >= 15 is 0 Å². The molecule has 0 unspecified atom stereocenters. The molecule has 1 fully saturated rings. The maximum Gasteiger partial charge on any atom is 0.264 e. The Hall–Kier alpha value is -2.38. The van der Waals surface area contributed by atoms with Crippen LogP contribution in [0.4, 0.5) is 5.69 Å². The lowest BCUT2D eigenvalue weighted by Crippen LogP contribution is -2.27. The summed E-state index contributed by atoms with van der Waals surface area (Å²) >= 11 is 0. The van der Waals surface area contributed by atoms with Crippen LogP contribution >= 0.6 is 0 Å². The van der Waals surface area contributed by atoms with Crippen LogP contribution in [0.15, 0.2) is 53.4 Å². The highest BCUT2D eigenvalue weighted by atomic mass is 32.2. The fourth-order valence-electron chi connectivity index (χ4n) is 3.69. The zero-order valence-electron chi connectivity index (χ0n) is 18.3. The molecule has 31 heavy (non-hydrogen) atoms. The van der Waals surface area contributed by atoms with Gasteiger partial charge in [0, 0.05) is 25.8 Å². The van der Waals surface area contributed by atoms with Crippen molar-refractivity contribution in [2.24, 2.45) is 0 Å². The number of carbonyl (C=O) groups is 1. The van der Waals surface area contributed by atoms with Gasteiger partial charge < -0.3 is 10.1 Å².